The average molecular weight is 219 g/mol. The summed E-state index contributed by atoms with van der Waals surface area (Å²) in [4.78, 5) is 0. The quantitative estimate of drug-likeness (QED) is 0.351. The smallest absolute Gasteiger partial charge is 0.187 e. The van der Waals surface area contributed by atoms with Gasteiger partial charge >= 0.3 is 0 Å². The van der Waals surface area contributed by atoms with Crippen molar-refractivity contribution in [2.75, 3.05) is 0 Å². The van der Waals surface area contributed by atoms with Gasteiger partial charge in [-0.1, -0.05) is 0 Å². The molecule has 0 atom stereocenters. The summed E-state index contributed by atoms with van der Waals surface area (Å²) in [6, 6.07) is 0. The maximum absolute atomic E-state index is 0. The van der Waals surface area contributed by atoms with Gasteiger partial charge in [-0.3, -0.25) is 0 Å². The van der Waals surface area contributed by atoms with Gasteiger partial charge in [-0.15, -0.1) is 17.0 Å². The summed E-state index contributed by atoms with van der Waals surface area (Å²) in [6.07, 6.45) is 0. The highest BCUT2D eigenvalue weighted by atomic mass is 79.9. The minimum Gasteiger partial charge on any atom is -0.412 e. The van der Waals surface area contributed by atoms with Gasteiger partial charge in [-0.2, -0.15) is 0 Å². The molecule has 0 aliphatic rings. The first-order valence-electron chi connectivity index (χ1n) is 0. The molecule has 0 aromatic carbocycles. The molecule has 0 aromatic heterocycles. The lowest BCUT2D eigenvalue weighted by atomic mass is 16.0. The lowest BCUT2D eigenvalue weighted by molar-refractivity contribution is 0.823. The highest BCUT2D eigenvalue weighted by Gasteiger charge is 0.187. The van der Waals surface area contributed by atoms with Crippen LogP contribution in [0.25, 0.3) is 0 Å². The third-order valence-corrected chi connectivity index (χ3v) is 0. The number of hydrogen-bond acceptors (Lipinski definition) is 0. The van der Waals surface area contributed by atoms with Gasteiger partial charge in [0.1, 0.15) is 0 Å². The number of rotatable bonds is 0. The van der Waals surface area contributed by atoms with Gasteiger partial charge in [0, 0.05) is 0 Å². The van der Waals surface area contributed by atoms with Crippen molar-refractivity contribution in [2.45, 2.75) is 0 Å². The fraction of sp³-hybridized carbons (Fsp3) is 0. The molecule has 0 amide bonds. The molecule has 0 aliphatic heterocycles. The Morgan fingerprint density at radius 1 is 0.375 bits per heavy atom. The third kappa shape index (κ3) is 378. The minimum absolute atomic E-state index is 0. The fourth-order valence-corrected chi connectivity index (χ4v) is 0. The standard InChI is InChI=1S/Al.BrH.6H2O.3H/h;1H;6*1H2;;;. The van der Waals surface area contributed by atoms with Crippen LogP contribution >= 0.6 is 17.0 Å². The SMILES string of the molecule is Br.O.O.O.O.O.O.[AlH3]. The van der Waals surface area contributed by atoms with Crippen LogP contribution in [0.3, 0.4) is 0 Å². The Balaban J connectivity index is 0. The van der Waals surface area contributed by atoms with Gasteiger partial charge < -0.3 is 32.9 Å². The summed E-state index contributed by atoms with van der Waals surface area (Å²) in [6.45, 7) is 0. The van der Waals surface area contributed by atoms with Crippen molar-refractivity contribution in [3.63, 3.8) is 0 Å². The van der Waals surface area contributed by atoms with E-state index in [4.69, 9.17) is 0 Å². The molecule has 8 heteroatoms. The Labute approximate surface area is 67.6 Å². The van der Waals surface area contributed by atoms with Crippen molar-refractivity contribution in [3.05, 3.63) is 0 Å². The van der Waals surface area contributed by atoms with Gasteiger partial charge in [0.15, 0.2) is 17.4 Å². The van der Waals surface area contributed by atoms with Gasteiger partial charge in [0.25, 0.3) is 0 Å². The predicted octanol–water partition coefficient (Wildman–Crippen LogP) is -5.55. The van der Waals surface area contributed by atoms with Crippen LogP contribution in [0, 0.1) is 0 Å². The molecule has 0 aromatic rings. The van der Waals surface area contributed by atoms with Crippen LogP contribution < -0.4 is 0 Å². The van der Waals surface area contributed by atoms with E-state index >= 15 is 0 Å². The van der Waals surface area contributed by atoms with E-state index in [-0.39, 0.29) is 67.2 Å². The molecule has 0 saturated heterocycles. The van der Waals surface area contributed by atoms with Crippen LogP contribution in [-0.4, -0.2) is 50.2 Å². The van der Waals surface area contributed by atoms with E-state index in [1.807, 2.05) is 0 Å². The van der Waals surface area contributed by atoms with Gasteiger partial charge in [-0.25, -0.2) is 0 Å². The molecule has 0 radical (unpaired) electrons. The van der Waals surface area contributed by atoms with E-state index in [1.54, 1.807) is 0 Å². The molecule has 12 N–H and O–H groups in total. The van der Waals surface area contributed by atoms with Gasteiger partial charge in [0.05, 0.1) is 0 Å². The lowest BCUT2D eigenvalue weighted by Gasteiger charge is -0.413. The van der Waals surface area contributed by atoms with Gasteiger partial charge in [-0.05, 0) is 0 Å². The highest BCUT2D eigenvalue weighted by molar-refractivity contribution is 8.93. The molecular formula is H16AlBrO6. The van der Waals surface area contributed by atoms with Crippen LogP contribution in [0.2, 0.25) is 0 Å². The molecular weight excluding hydrogens is 203 g/mol. The van der Waals surface area contributed by atoms with E-state index in [2.05, 4.69) is 0 Å². The molecule has 0 rings (SSSR count). The highest BCUT2D eigenvalue weighted by Crippen LogP contribution is 0.846. The topological polar surface area (TPSA) is 189 Å². The summed E-state index contributed by atoms with van der Waals surface area (Å²) in [7, 11) is 0. The summed E-state index contributed by atoms with van der Waals surface area (Å²) < 4.78 is 0. The van der Waals surface area contributed by atoms with E-state index < -0.39 is 0 Å². The van der Waals surface area contributed by atoms with E-state index in [0.717, 1.165) is 0 Å². The monoisotopic (exact) mass is 218 g/mol. The second-order valence-electron chi connectivity index (χ2n) is 0. The van der Waals surface area contributed by atoms with Crippen LogP contribution in [0.4, 0.5) is 0 Å². The zero-order chi connectivity index (χ0) is 0. The van der Waals surface area contributed by atoms with Crippen molar-refractivity contribution in [1.29, 1.82) is 0 Å². The Hall–Kier alpha value is 0.772. The Kier molecular flexibility index (Phi) is 66300. The van der Waals surface area contributed by atoms with E-state index in [1.165, 1.54) is 0 Å². The first kappa shape index (κ1) is 888. The molecule has 6 nitrogen and oxygen atoms in total. The largest absolute Gasteiger partial charge is 0.412 e. The minimum atomic E-state index is 0. The first-order chi connectivity index (χ1) is 0. The molecule has 0 unspecified atom stereocenters. The second kappa shape index (κ2) is 597. The van der Waals surface area contributed by atoms with Crippen molar-refractivity contribution >= 4 is 34.3 Å². The van der Waals surface area contributed by atoms with Crippen LogP contribution in [-0.2, 0) is 0 Å². The first-order valence-corrected chi connectivity index (χ1v) is 0. The maximum Gasteiger partial charge on any atom is 0.187 e. The fourth-order valence-electron chi connectivity index (χ4n) is 0. The Bertz CT molecular complexity index is 8.49. The maximum atomic E-state index is 0. The van der Waals surface area contributed by atoms with Crippen molar-refractivity contribution in [1.82, 2.24) is 0 Å². The molecule has 8 heavy (non-hydrogen) atoms. The second-order valence-corrected chi connectivity index (χ2v) is 0. The number of hydrogen-bond donors (Lipinski definition) is 0. The number of halogens is 1. The molecule has 0 fully saturated rings. The van der Waals surface area contributed by atoms with Crippen LogP contribution in [0.1, 0.15) is 0 Å². The molecule has 0 aliphatic carbocycles. The van der Waals surface area contributed by atoms with Crippen molar-refractivity contribution in [2.24, 2.45) is 0 Å². The summed E-state index contributed by atoms with van der Waals surface area (Å²) in [5.74, 6) is 0. The zero-order valence-corrected chi connectivity index (χ0v) is 5.12. The van der Waals surface area contributed by atoms with Crippen LogP contribution in [0.15, 0.2) is 0 Å². The summed E-state index contributed by atoms with van der Waals surface area (Å²) in [5, 5.41) is 0. The van der Waals surface area contributed by atoms with Gasteiger partial charge in [0.2, 0.25) is 0 Å². The predicted molar refractivity (Wildman–Crippen MR) is 41.9 cm³/mol. The molecule has 0 bridgehead atoms. The van der Waals surface area contributed by atoms with Crippen molar-refractivity contribution < 1.29 is 32.9 Å². The average Bonchev–Trinajstić information content (AvgIpc) is 0. The molecule has 0 heterocycles. The molecule has 62 valence electrons. The molecule has 0 spiro atoms. The summed E-state index contributed by atoms with van der Waals surface area (Å²) >= 11 is 0. The summed E-state index contributed by atoms with van der Waals surface area (Å²) in [5.41, 5.74) is 0. The van der Waals surface area contributed by atoms with Crippen molar-refractivity contribution in [3.8, 4) is 0 Å². The lowest BCUT2D eigenvalue weighted by Crippen LogP contribution is -0.381. The Morgan fingerprint density at radius 3 is 0.375 bits per heavy atom. The zero-order valence-electron chi connectivity index (χ0n) is 3.41. The normalized spacial score (nSPS) is 0. The van der Waals surface area contributed by atoms with Crippen LogP contribution in [0.5, 0.6) is 0 Å². The van der Waals surface area contributed by atoms with E-state index in [0.29, 0.717) is 0 Å². The Morgan fingerprint density at radius 2 is 0.375 bits per heavy atom. The molecule has 0 saturated carbocycles. The van der Waals surface area contributed by atoms with E-state index in [9.17, 15) is 0 Å². The third-order valence-electron chi connectivity index (χ3n) is 0.